The van der Waals surface area contributed by atoms with Gasteiger partial charge in [0.1, 0.15) is 17.8 Å². The first-order valence-electron chi connectivity index (χ1n) is 16.1. The van der Waals surface area contributed by atoms with Crippen molar-refractivity contribution in [3.8, 4) is 5.75 Å². The molecular formula is C36H44Br2N4O6. The number of carbonyl (C=O) groups is 4. The Balaban J connectivity index is 1.76. The number of amides is 3. The number of phenols is 1. The van der Waals surface area contributed by atoms with E-state index in [1.165, 1.54) is 11.0 Å². The van der Waals surface area contributed by atoms with E-state index in [0.29, 0.717) is 27.5 Å². The van der Waals surface area contributed by atoms with Crippen LogP contribution in [-0.2, 0) is 30.3 Å². The highest BCUT2D eigenvalue weighted by Crippen LogP contribution is 2.31. The summed E-state index contributed by atoms with van der Waals surface area (Å²) in [5.41, 5.74) is 3.24. The molecule has 4 rings (SSSR count). The summed E-state index contributed by atoms with van der Waals surface area (Å²) in [7, 11) is 1.54. The van der Waals surface area contributed by atoms with Crippen molar-refractivity contribution in [2.75, 3.05) is 7.05 Å². The monoisotopic (exact) mass is 786 g/mol. The minimum Gasteiger partial charge on any atom is -0.507 e. The second kappa shape index (κ2) is 16.2. The molecule has 12 heteroatoms. The summed E-state index contributed by atoms with van der Waals surface area (Å²) in [6.45, 7) is 9.25. The van der Waals surface area contributed by atoms with Crippen LogP contribution < -0.4 is 10.6 Å². The van der Waals surface area contributed by atoms with Gasteiger partial charge in [0.2, 0.25) is 17.7 Å². The molecule has 48 heavy (non-hydrogen) atoms. The number of ether oxygens (including phenoxy) is 1. The smallest absolute Gasteiger partial charge is 0.308 e. The van der Waals surface area contributed by atoms with Crippen molar-refractivity contribution >= 4 is 66.5 Å². The maximum absolute atomic E-state index is 14.4. The number of allylic oxidation sites excluding steroid dienone is 2. The number of aromatic amines is 1. The van der Waals surface area contributed by atoms with Crippen molar-refractivity contribution in [2.45, 2.75) is 84.5 Å². The van der Waals surface area contributed by atoms with Gasteiger partial charge in [-0.1, -0.05) is 49.8 Å². The fourth-order valence-corrected chi connectivity index (χ4v) is 7.30. The summed E-state index contributed by atoms with van der Waals surface area (Å²) in [6, 6.07) is 9.63. The van der Waals surface area contributed by atoms with E-state index in [9.17, 15) is 24.3 Å². The standard InChI is InChI=1S/C36H44Br2N4O6/c1-19-13-20(2)15-22(4)48-32(44)18-29(24-11-12-31(43)27(37)16-24)41-35(46)30(17-26-25-9-7-8-10-28(25)40-33(26)38)42(6)36(47)23(5)39-34(45)21(3)14-19/h7-13,16,20-23,29-30,40,43H,14-15,17-18H2,1-6H3,(H,39,45)(H,41,46)/b19-13-/t20-,21-,22-,23-,29+,30+/m0/s1. The van der Waals surface area contributed by atoms with Crippen molar-refractivity contribution in [1.29, 1.82) is 0 Å². The molecule has 0 spiro atoms. The van der Waals surface area contributed by atoms with Crippen LogP contribution in [-0.4, -0.2) is 63.9 Å². The number of hydrogen-bond acceptors (Lipinski definition) is 6. The number of halogens is 2. The highest BCUT2D eigenvalue weighted by Gasteiger charge is 2.34. The molecule has 6 atom stereocenters. The molecule has 0 saturated carbocycles. The van der Waals surface area contributed by atoms with Gasteiger partial charge in [0, 0.05) is 30.3 Å². The van der Waals surface area contributed by atoms with Crippen molar-refractivity contribution in [3.05, 3.63) is 74.3 Å². The van der Waals surface area contributed by atoms with Crippen LogP contribution in [0.3, 0.4) is 0 Å². The third kappa shape index (κ3) is 9.28. The summed E-state index contributed by atoms with van der Waals surface area (Å²) in [5, 5.41) is 16.9. The molecule has 0 fully saturated rings. The second-order valence-electron chi connectivity index (χ2n) is 13.0. The molecule has 0 radical (unpaired) electrons. The lowest BCUT2D eigenvalue weighted by Crippen LogP contribution is -2.55. The Morgan fingerprint density at radius 3 is 2.38 bits per heavy atom. The number of aromatic nitrogens is 1. The summed E-state index contributed by atoms with van der Waals surface area (Å²) >= 11 is 6.94. The SMILES string of the molecule is C/C1=C/[C@H](C)C[C@H](C)OC(=O)C[C@H](c2ccc(O)c(Br)c2)NC(=O)[C@@H](Cc2c(Br)[nH]c3ccccc23)N(C)C(=O)[C@H](C)NC(=O)[C@@H](C)C1. The lowest BCUT2D eigenvalue weighted by atomic mass is 9.95. The number of fused-ring (bicyclic) bond motifs is 1. The van der Waals surface area contributed by atoms with E-state index in [1.54, 1.807) is 26.1 Å². The van der Waals surface area contributed by atoms with E-state index in [4.69, 9.17) is 4.74 Å². The molecule has 258 valence electrons. The fourth-order valence-electron chi connectivity index (χ4n) is 6.31. The molecule has 0 saturated heterocycles. The number of benzene rings is 2. The number of likely N-dealkylation sites (N-methyl/N-ethyl adjacent to an activating group) is 1. The largest absolute Gasteiger partial charge is 0.507 e. The number of carbonyl (C=O) groups excluding carboxylic acids is 4. The number of para-hydroxylation sites is 1. The zero-order valence-corrected chi connectivity index (χ0v) is 31.3. The lowest BCUT2D eigenvalue weighted by Gasteiger charge is -2.32. The molecule has 1 aliphatic rings. The van der Waals surface area contributed by atoms with Gasteiger partial charge < -0.3 is 30.4 Å². The number of rotatable bonds is 3. The Morgan fingerprint density at radius 1 is 0.958 bits per heavy atom. The highest BCUT2D eigenvalue weighted by molar-refractivity contribution is 9.10. The van der Waals surface area contributed by atoms with Crippen molar-refractivity contribution in [1.82, 2.24) is 20.5 Å². The number of aromatic hydroxyl groups is 1. The molecular weight excluding hydrogens is 744 g/mol. The minimum absolute atomic E-state index is 0.00691. The maximum Gasteiger partial charge on any atom is 0.308 e. The molecule has 0 aliphatic carbocycles. The summed E-state index contributed by atoms with van der Waals surface area (Å²) in [4.78, 5) is 59.4. The number of hydrogen-bond donors (Lipinski definition) is 4. The molecule has 2 aromatic carbocycles. The average Bonchev–Trinajstić information content (AvgIpc) is 3.33. The Bertz CT molecular complexity index is 1700. The normalized spacial score (nSPS) is 26.8. The molecule has 0 bridgehead atoms. The number of cyclic esters (lactones) is 1. The van der Waals surface area contributed by atoms with Crippen LogP contribution in [0.15, 0.2) is 63.2 Å². The number of H-pyrrole nitrogens is 1. The van der Waals surface area contributed by atoms with E-state index in [2.05, 4.69) is 53.6 Å². The predicted octanol–water partition coefficient (Wildman–Crippen LogP) is 6.46. The fraction of sp³-hybridized carbons (Fsp3) is 0.444. The maximum atomic E-state index is 14.4. The summed E-state index contributed by atoms with van der Waals surface area (Å²) < 4.78 is 6.88. The molecule has 2 heterocycles. The van der Waals surface area contributed by atoms with E-state index in [0.717, 1.165) is 22.0 Å². The highest BCUT2D eigenvalue weighted by atomic mass is 79.9. The third-order valence-corrected chi connectivity index (χ3v) is 10.1. The molecule has 10 nitrogen and oxygen atoms in total. The van der Waals surface area contributed by atoms with Gasteiger partial charge in [-0.05, 0) is 101 Å². The molecule has 1 aromatic heterocycles. The van der Waals surface area contributed by atoms with Gasteiger partial charge in [0.15, 0.2) is 0 Å². The Labute approximate surface area is 298 Å². The minimum atomic E-state index is -1.03. The van der Waals surface area contributed by atoms with Crippen LogP contribution in [0.1, 0.15) is 71.0 Å². The van der Waals surface area contributed by atoms with Gasteiger partial charge in [-0.25, -0.2) is 0 Å². The molecule has 4 N–H and O–H groups in total. The zero-order valence-electron chi connectivity index (χ0n) is 28.1. The average molecular weight is 789 g/mol. The van der Waals surface area contributed by atoms with Gasteiger partial charge in [-0.15, -0.1) is 0 Å². The van der Waals surface area contributed by atoms with Crippen molar-refractivity contribution < 1.29 is 29.0 Å². The third-order valence-electron chi connectivity index (χ3n) is 8.75. The Kier molecular flexibility index (Phi) is 12.5. The summed E-state index contributed by atoms with van der Waals surface area (Å²) in [6.07, 6.45) is 2.70. The van der Waals surface area contributed by atoms with Crippen LogP contribution in [0.2, 0.25) is 0 Å². The van der Waals surface area contributed by atoms with E-state index >= 15 is 0 Å². The van der Waals surface area contributed by atoms with Gasteiger partial charge in [-0.3, -0.25) is 19.2 Å². The predicted molar refractivity (Wildman–Crippen MR) is 192 cm³/mol. The van der Waals surface area contributed by atoms with Crippen LogP contribution in [0.25, 0.3) is 10.9 Å². The van der Waals surface area contributed by atoms with Crippen LogP contribution >= 0.6 is 31.9 Å². The zero-order chi connectivity index (χ0) is 35.3. The first-order chi connectivity index (χ1) is 22.6. The number of nitrogens with one attached hydrogen (secondary N) is 3. The molecule has 0 unspecified atom stereocenters. The molecule has 1 aliphatic heterocycles. The molecule has 3 aromatic rings. The topological polar surface area (TPSA) is 141 Å². The number of esters is 1. The van der Waals surface area contributed by atoms with Crippen molar-refractivity contribution in [3.63, 3.8) is 0 Å². The van der Waals surface area contributed by atoms with Crippen LogP contribution in [0.4, 0.5) is 0 Å². The van der Waals surface area contributed by atoms with Gasteiger partial charge in [-0.2, -0.15) is 0 Å². The van der Waals surface area contributed by atoms with Gasteiger partial charge in [0.05, 0.1) is 27.6 Å². The molecule has 3 amide bonds. The van der Waals surface area contributed by atoms with Crippen LogP contribution in [0, 0.1) is 11.8 Å². The Hall–Kier alpha value is -3.64. The van der Waals surface area contributed by atoms with E-state index in [1.807, 2.05) is 52.0 Å². The number of nitrogens with zero attached hydrogens (tertiary/aromatic N) is 1. The first-order valence-corrected chi connectivity index (χ1v) is 17.7. The van der Waals surface area contributed by atoms with E-state index in [-0.39, 0.29) is 30.4 Å². The quantitative estimate of drug-likeness (QED) is 0.177. The van der Waals surface area contributed by atoms with E-state index < -0.39 is 47.9 Å². The summed E-state index contributed by atoms with van der Waals surface area (Å²) in [5.74, 6) is -2.01. The van der Waals surface area contributed by atoms with Gasteiger partial charge >= 0.3 is 5.97 Å². The van der Waals surface area contributed by atoms with Crippen LogP contribution in [0.5, 0.6) is 5.75 Å². The lowest BCUT2D eigenvalue weighted by molar-refractivity contribution is -0.149. The number of phenolic OH excluding ortho intramolecular Hbond substituents is 1. The Morgan fingerprint density at radius 2 is 1.67 bits per heavy atom. The first kappa shape index (κ1) is 37.2. The van der Waals surface area contributed by atoms with Gasteiger partial charge in [0.25, 0.3) is 0 Å². The van der Waals surface area contributed by atoms with Crippen molar-refractivity contribution in [2.24, 2.45) is 11.8 Å². The second-order valence-corrected chi connectivity index (χ2v) is 14.6.